The molecule has 2 nitrogen and oxygen atoms in total. The summed E-state index contributed by atoms with van der Waals surface area (Å²) >= 11 is 0. The van der Waals surface area contributed by atoms with Gasteiger partial charge in [-0.25, -0.2) is 4.39 Å². The van der Waals surface area contributed by atoms with Gasteiger partial charge < -0.3 is 4.57 Å². The van der Waals surface area contributed by atoms with Crippen LogP contribution in [-0.4, -0.2) is 4.57 Å². The van der Waals surface area contributed by atoms with Gasteiger partial charge >= 0.3 is 0 Å². The fourth-order valence-electron chi connectivity index (χ4n) is 1.33. The SMILES string of the molecule is N#Cc1c(F)cccc1-n1cccc1. The summed E-state index contributed by atoms with van der Waals surface area (Å²) in [6, 6.07) is 10.1. The van der Waals surface area contributed by atoms with Crippen molar-refractivity contribution in [2.45, 2.75) is 0 Å². The third-order valence-electron chi connectivity index (χ3n) is 1.99. The lowest BCUT2D eigenvalue weighted by molar-refractivity contribution is 0.622. The van der Waals surface area contributed by atoms with Gasteiger partial charge in [-0.3, -0.25) is 0 Å². The fraction of sp³-hybridized carbons (Fsp3) is 0. The first kappa shape index (κ1) is 8.52. The molecular formula is C11H7FN2. The molecule has 1 aromatic heterocycles. The summed E-state index contributed by atoms with van der Waals surface area (Å²) in [7, 11) is 0. The highest BCUT2D eigenvalue weighted by atomic mass is 19.1. The van der Waals surface area contributed by atoms with Gasteiger partial charge in [0.15, 0.2) is 0 Å². The van der Waals surface area contributed by atoms with Crippen LogP contribution in [0.4, 0.5) is 4.39 Å². The second-order valence-corrected chi connectivity index (χ2v) is 2.84. The minimum atomic E-state index is -0.487. The molecule has 0 amide bonds. The number of halogens is 1. The molecule has 1 heterocycles. The number of hydrogen-bond donors (Lipinski definition) is 0. The average Bonchev–Trinajstić information content (AvgIpc) is 2.70. The van der Waals surface area contributed by atoms with E-state index in [1.807, 2.05) is 18.2 Å². The van der Waals surface area contributed by atoms with E-state index in [4.69, 9.17) is 5.26 Å². The highest BCUT2D eigenvalue weighted by Crippen LogP contribution is 2.16. The molecule has 68 valence electrons. The van der Waals surface area contributed by atoms with Crippen LogP contribution in [0.2, 0.25) is 0 Å². The van der Waals surface area contributed by atoms with Gasteiger partial charge in [-0.1, -0.05) is 6.07 Å². The van der Waals surface area contributed by atoms with Crippen LogP contribution in [0.3, 0.4) is 0 Å². The summed E-state index contributed by atoms with van der Waals surface area (Å²) < 4.78 is 14.9. The zero-order valence-corrected chi connectivity index (χ0v) is 7.31. The van der Waals surface area contributed by atoms with Gasteiger partial charge in [-0.05, 0) is 24.3 Å². The number of rotatable bonds is 1. The molecule has 14 heavy (non-hydrogen) atoms. The topological polar surface area (TPSA) is 28.7 Å². The van der Waals surface area contributed by atoms with E-state index in [0.717, 1.165) is 0 Å². The van der Waals surface area contributed by atoms with Gasteiger partial charge in [-0.15, -0.1) is 0 Å². The average molecular weight is 186 g/mol. The van der Waals surface area contributed by atoms with Crippen molar-refractivity contribution in [3.8, 4) is 11.8 Å². The summed E-state index contributed by atoms with van der Waals surface area (Å²) in [6.07, 6.45) is 3.55. The van der Waals surface area contributed by atoms with Crippen LogP contribution in [0, 0.1) is 17.1 Å². The molecule has 0 radical (unpaired) electrons. The molecule has 0 aliphatic heterocycles. The second-order valence-electron chi connectivity index (χ2n) is 2.84. The molecule has 1 aromatic carbocycles. The van der Waals surface area contributed by atoms with E-state index in [1.165, 1.54) is 6.07 Å². The van der Waals surface area contributed by atoms with Gasteiger partial charge in [-0.2, -0.15) is 5.26 Å². The van der Waals surface area contributed by atoms with E-state index in [2.05, 4.69) is 0 Å². The van der Waals surface area contributed by atoms with Crippen molar-refractivity contribution < 1.29 is 4.39 Å². The Labute approximate surface area is 80.8 Å². The smallest absolute Gasteiger partial charge is 0.143 e. The Kier molecular flexibility index (Phi) is 2.04. The lowest BCUT2D eigenvalue weighted by atomic mass is 10.2. The molecule has 0 saturated carbocycles. The van der Waals surface area contributed by atoms with Gasteiger partial charge in [0.2, 0.25) is 0 Å². The number of aromatic nitrogens is 1. The van der Waals surface area contributed by atoms with Gasteiger partial charge in [0, 0.05) is 12.4 Å². The van der Waals surface area contributed by atoms with Crippen LogP contribution in [0.1, 0.15) is 5.56 Å². The molecule has 0 N–H and O–H groups in total. The number of hydrogen-bond acceptors (Lipinski definition) is 1. The lowest BCUT2D eigenvalue weighted by Crippen LogP contribution is -1.96. The standard InChI is InChI=1S/C11H7FN2/c12-10-4-3-5-11(9(10)8-13)14-6-1-2-7-14/h1-7H. The van der Waals surface area contributed by atoms with Crippen molar-refractivity contribution in [3.05, 3.63) is 54.1 Å². The third-order valence-corrected chi connectivity index (χ3v) is 1.99. The first-order valence-electron chi connectivity index (χ1n) is 4.15. The van der Waals surface area contributed by atoms with E-state index in [1.54, 1.807) is 29.1 Å². The van der Waals surface area contributed by atoms with Crippen LogP contribution in [0.25, 0.3) is 5.69 Å². The van der Waals surface area contributed by atoms with Crippen LogP contribution in [0.5, 0.6) is 0 Å². The Morgan fingerprint density at radius 3 is 2.50 bits per heavy atom. The molecule has 0 aliphatic rings. The number of benzene rings is 1. The fourth-order valence-corrected chi connectivity index (χ4v) is 1.33. The Hall–Kier alpha value is -2.08. The van der Waals surface area contributed by atoms with E-state index < -0.39 is 5.82 Å². The van der Waals surface area contributed by atoms with Gasteiger partial charge in [0.1, 0.15) is 17.4 Å². The van der Waals surface area contributed by atoms with Crippen molar-refractivity contribution in [2.24, 2.45) is 0 Å². The molecular weight excluding hydrogens is 179 g/mol. The van der Waals surface area contributed by atoms with Crippen molar-refractivity contribution >= 4 is 0 Å². The maximum atomic E-state index is 13.2. The molecule has 2 aromatic rings. The minimum Gasteiger partial charge on any atom is -0.322 e. The molecule has 0 bridgehead atoms. The number of nitriles is 1. The molecule has 2 rings (SSSR count). The van der Waals surface area contributed by atoms with Crippen molar-refractivity contribution in [1.82, 2.24) is 4.57 Å². The maximum absolute atomic E-state index is 13.2. The molecule has 0 unspecified atom stereocenters. The number of nitrogens with zero attached hydrogens (tertiary/aromatic N) is 2. The van der Waals surface area contributed by atoms with E-state index in [-0.39, 0.29) is 5.56 Å². The summed E-state index contributed by atoms with van der Waals surface area (Å²) in [5.41, 5.74) is 0.640. The highest BCUT2D eigenvalue weighted by molar-refractivity contribution is 5.49. The van der Waals surface area contributed by atoms with E-state index >= 15 is 0 Å². The van der Waals surface area contributed by atoms with Crippen molar-refractivity contribution in [2.75, 3.05) is 0 Å². The summed E-state index contributed by atoms with van der Waals surface area (Å²) in [5.74, 6) is -0.487. The molecule has 3 heteroatoms. The maximum Gasteiger partial charge on any atom is 0.143 e. The first-order chi connectivity index (χ1) is 6.83. The van der Waals surface area contributed by atoms with Crippen LogP contribution >= 0.6 is 0 Å². The molecule has 0 aliphatic carbocycles. The first-order valence-corrected chi connectivity index (χ1v) is 4.15. The van der Waals surface area contributed by atoms with Crippen LogP contribution in [-0.2, 0) is 0 Å². The zero-order chi connectivity index (χ0) is 9.97. The summed E-state index contributed by atoms with van der Waals surface area (Å²) in [6.45, 7) is 0. The molecule has 0 saturated heterocycles. The quantitative estimate of drug-likeness (QED) is 0.672. The Bertz CT molecular complexity index is 480. The van der Waals surface area contributed by atoms with Crippen molar-refractivity contribution in [1.29, 1.82) is 5.26 Å². The monoisotopic (exact) mass is 186 g/mol. The predicted molar refractivity (Wildman–Crippen MR) is 50.4 cm³/mol. The molecule has 0 spiro atoms. The Morgan fingerprint density at radius 2 is 1.86 bits per heavy atom. The predicted octanol–water partition coefficient (Wildman–Crippen LogP) is 2.49. The normalized spacial score (nSPS) is 9.71. The van der Waals surface area contributed by atoms with E-state index in [9.17, 15) is 4.39 Å². The van der Waals surface area contributed by atoms with E-state index in [0.29, 0.717) is 5.69 Å². The lowest BCUT2D eigenvalue weighted by Gasteiger charge is -2.05. The van der Waals surface area contributed by atoms with Crippen molar-refractivity contribution in [3.63, 3.8) is 0 Å². The van der Waals surface area contributed by atoms with Gasteiger partial charge in [0.05, 0.1) is 5.69 Å². The Balaban J connectivity index is 2.66. The molecule has 0 fully saturated rings. The van der Waals surface area contributed by atoms with Gasteiger partial charge in [0.25, 0.3) is 0 Å². The summed E-state index contributed by atoms with van der Waals surface area (Å²) in [4.78, 5) is 0. The molecule has 0 atom stereocenters. The third kappa shape index (κ3) is 1.27. The summed E-state index contributed by atoms with van der Waals surface area (Å²) in [5, 5.41) is 8.79. The Morgan fingerprint density at radius 1 is 1.14 bits per heavy atom. The second kappa shape index (κ2) is 3.35. The van der Waals surface area contributed by atoms with Crippen LogP contribution < -0.4 is 0 Å². The highest BCUT2D eigenvalue weighted by Gasteiger charge is 2.07. The van der Waals surface area contributed by atoms with Crippen LogP contribution in [0.15, 0.2) is 42.7 Å². The zero-order valence-electron chi connectivity index (χ0n) is 7.31. The largest absolute Gasteiger partial charge is 0.322 e. The minimum absolute atomic E-state index is 0.0729.